The number of carbonyl (C=O) groups is 2. The highest BCUT2D eigenvalue weighted by molar-refractivity contribution is 5.96. The van der Waals surface area contributed by atoms with E-state index in [0.717, 1.165) is 42.9 Å². The number of hydrazone groups is 1. The van der Waals surface area contributed by atoms with Gasteiger partial charge < -0.3 is 15.0 Å². The van der Waals surface area contributed by atoms with Crippen LogP contribution in [0, 0.1) is 0 Å². The summed E-state index contributed by atoms with van der Waals surface area (Å²) in [6, 6.07) is 14.8. The van der Waals surface area contributed by atoms with Gasteiger partial charge in [-0.2, -0.15) is 5.10 Å². The largest absolute Gasteiger partial charge is 0.494 e. The Labute approximate surface area is 184 Å². The van der Waals surface area contributed by atoms with Gasteiger partial charge in [0.1, 0.15) is 5.75 Å². The van der Waals surface area contributed by atoms with E-state index in [4.69, 9.17) is 4.74 Å². The molecule has 2 amide bonds. The molecule has 0 saturated carbocycles. The molecule has 2 aromatic carbocycles. The highest BCUT2D eigenvalue weighted by atomic mass is 16.5. The molecule has 7 nitrogen and oxygen atoms in total. The van der Waals surface area contributed by atoms with Gasteiger partial charge >= 0.3 is 0 Å². The first kappa shape index (κ1) is 23.9. The molecule has 0 aromatic heterocycles. The van der Waals surface area contributed by atoms with E-state index in [1.54, 1.807) is 30.5 Å². The van der Waals surface area contributed by atoms with E-state index in [1.807, 2.05) is 24.3 Å². The zero-order valence-corrected chi connectivity index (χ0v) is 18.6. The number of carbonyl (C=O) groups excluding carboxylic acids is 2. The SMILES string of the molecule is CCCCOc1ccc(C(=O)NCC(=O)N/N=C\c2ccc(N(CC)CC)cc2)cc1. The summed E-state index contributed by atoms with van der Waals surface area (Å²) in [5, 5.41) is 6.53. The highest BCUT2D eigenvalue weighted by Crippen LogP contribution is 2.14. The number of anilines is 1. The number of unbranched alkanes of at least 4 members (excludes halogenated alkanes) is 1. The first-order valence-electron chi connectivity index (χ1n) is 10.7. The molecule has 0 heterocycles. The number of hydrogen-bond acceptors (Lipinski definition) is 5. The first-order chi connectivity index (χ1) is 15.1. The molecule has 0 unspecified atom stereocenters. The smallest absolute Gasteiger partial charge is 0.259 e. The summed E-state index contributed by atoms with van der Waals surface area (Å²) >= 11 is 0. The van der Waals surface area contributed by atoms with Crippen molar-refractivity contribution < 1.29 is 14.3 Å². The van der Waals surface area contributed by atoms with Gasteiger partial charge in [0.15, 0.2) is 0 Å². The molecular weight excluding hydrogens is 392 g/mol. The molecule has 0 aliphatic heterocycles. The lowest BCUT2D eigenvalue weighted by Gasteiger charge is -2.20. The van der Waals surface area contributed by atoms with Crippen molar-refractivity contribution in [3.8, 4) is 5.75 Å². The van der Waals surface area contributed by atoms with E-state index in [9.17, 15) is 9.59 Å². The predicted octanol–water partition coefficient (Wildman–Crippen LogP) is 3.59. The van der Waals surface area contributed by atoms with Crippen LogP contribution < -0.4 is 20.4 Å². The lowest BCUT2D eigenvalue weighted by molar-refractivity contribution is -0.120. The second kappa shape index (κ2) is 13.1. The van der Waals surface area contributed by atoms with E-state index in [1.165, 1.54) is 0 Å². The number of benzene rings is 2. The number of hydrogen-bond donors (Lipinski definition) is 2. The van der Waals surface area contributed by atoms with Gasteiger partial charge in [-0.1, -0.05) is 25.5 Å². The Kier molecular flexibility index (Phi) is 10.1. The van der Waals surface area contributed by atoms with Crippen molar-refractivity contribution in [2.75, 3.05) is 31.1 Å². The molecular formula is C24H32N4O3. The Bertz CT molecular complexity index is 844. The number of amides is 2. The number of ether oxygens (including phenoxy) is 1. The summed E-state index contributed by atoms with van der Waals surface area (Å²) in [5.74, 6) is -0.00248. The van der Waals surface area contributed by atoms with Crippen LogP contribution in [-0.4, -0.2) is 44.3 Å². The highest BCUT2D eigenvalue weighted by Gasteiger charge is 2.08. The zero-order chi connectivity index (χ0) is 22.5. The summed E-state index contributed by atoms with van der Waals surface area (Å²) in [4.78, 5) is 26.4. The van der Waals surface area contributed by atoms with Crippen LogP contribution in [0.25, 0.3) is 0 Å². The third-order valence-corrected chi connectivity index (χ3v) is 4.72. The van der Waals surface area contributed by atoms with Crippen LogP contribution in [0.2, 0.25) is 0 Å². The van der Waals surface area contributed by atoms with Crippen molar-refractivity contribution in [2.24, 2.45) is 5.10 Å². The molecule has 0 spiro atoms. The summed E-state index contributed by atoms with van der Waals surface area (Å²) in [5.41, 5.74) is 4.91. The van der Waals surface area contributed by atoms with E-state index < -0.39 is 5.91 Å². The molecule has 0 radical (unpaired) electrons. The van der Waals surface area contributed by atoms with E-state index in [0.29, 0.717) is 12.2 Å². The van der Waals surface area contributed by atoms with Gasteiger partial charge in [-0.3, -0.25) is 9.59 Å². The van der Waals surface area contributed by atoms with Crippen molar-refractivity contribution in [3.05, 3.63) is 59.7 Å². The maximum atomic E-state index is 12.2. The zero-order valence-electron chi connectivity index (χ0n) is 18.6. The summed E-state index contributed by atoms with van der Waals surface area (Å²) in [6.45, 7) is 8.72. The van der Waals surface area contributed by atoms with Crippen molar-refractivity contribution in [1.29, 1.82) is 0 Å². The number of nitrogens with zero attached hydrogens (tertiary/aromatic N) is 2. The lowest BCUT2D eigenvalue weighted by atomic mass is 10.2. The standard InChI is InChI=1S/C24H32N4O3/c1-4-7-16-31-22-14-10-20(11-15-22)24(30)25-18-23(29)27-26-17-19-8-12-21(13-9-19)28(5-2)6-3/h8-15,17H,4-7,16,18H2,1-3H3,(H,25,30)(H,27,29)/b26-17-. The fourth-order valence-corrected chi connectivity index (χ4v) is 2.88. The van der Waals surface area contributed by atoms with Gasteiger partial charge in [0.2, 0.25) is 0 Å². The summed E-state index contributed by atoms with van der Waals surface area (Å²) in [7, 11) is 0. The fraction of sp³-hybridized carbons (Fsp3) is 0.375. The maximum Gasteiger partial charge on any atom is 0.259 e. The van der Waals surface area contributed by atoms with Crippen LogP contribution in [0.4, 0.5) is 5.69 Å². The van der Waals surface area contributed by atoms with Crippen LogP contribution in [0.3, 0.4) is 0 Å². The van der Waals surface area contributed by atoms with Gasteiger partial charge in [0.05, 0.1) is 19.4 Å². The summed E-state index contributed by atoms with van der Waals surface area (Å²) in [6.07, 6.45) is 3.62. The second-order valence-electron chi connectivity index (χ2n) is 6.97. The van der Waals surface area contributed by atoms with Gasteiger partial charge in [-0.25, -0.2) is 5.43 Å². The second-order valence-corrected chi connectivity index (χ2v) is 6.97. The first-order valence-corrected chi connectivity index (χ1v) is 10.7. The molecule has 31 heavy (non-hydrogen) atoms. The minimum Gasteiger partial charge on any atom is -0.494 e. The Balaban J connectivity index is 1.75. The predicted molar refractivity (Wildman–Crippen MR) is 125 cm³/mol. The van der Waals surface area contributed by atoms with E-state index >= 15 is 0 Å². The molecule has 2 rings (SSSR count). The Hall–Kier alpha value is -3.35. The average Bonchev–Trinajstić information content (AvgIpc) is 2.80. The van der Waals surface area contributed by atoms with Crippen LogP contribution in [0.5, 0.6) is 5.75 Å². The third kappa shape index (κ3) is 8.12. The normalized spacial score (nSPS) is 10.7. The Morgan fingerprint density at radius 1 is 1.00 bits per heavy atom. The minimum absolute atomic E-state index is 0.161. The number of nitrogens with one attached hydrogen (secondary N) is 2. The molecule has 0 aliphatic carbocycles. The van der Waals surface area contributed by atoms with Crippen molar-refractivity contribution in [2.45, 2.75) is 33.6 Å². The maximum absolute atomic E-state index is 12.2. The molecule has 2 N–H and O–H groups in total. The molecule has 0 bridgehead atoms. The van der Waals surface area contributed by atoms with Gasteiger partial charge in [-0.05, 0) is 62.2 Å². The molecule has 2 aromatic rings. The summed E-state index contributed by atoms with van der Waals surface area (Å²) < 4.78 is 5.58. The van der Waals surface area contributed by atoms with Gasteiger partial charge in [0, 0.05) is 24.3 Å². The van der Waals surface area contributed by atoms with Crippen molar-refractivity contribution in [1.82, 2.24) is 10.7 Å². The molecule has 166 valence electrons. The molecule has 0 aliphatic rings. The number of rotatable bonds is 12. The quantitative estimate of drug-likeness (QED) is 0.310. The van der Waals surface area contributed by atoms with Crippen LogP contribution in [0.15, 0.2) is 53.6 Å². The molecule has 0 fully saturated rings. The third-order valence-electron chi connectivity index (χ3n) is 4.72. The Morgan fingerprint density at radius 2 is 1.68 bits per heavy atom. The van der Waals surface area contributed by atoms with Crippen molar-refractivity contribution in [3.63, 3.8) is 0 Å². The van der Waals surface area contributed by atoms with E-state index in [-0.39, 0.29) is 12.5 Å². The molecule has 0 saturated heterocycles. The van der Waals surface area contributed by atoms with E-state index in [2.05, 4.69) is 41.5 Å². The van der Waals surface area contributed by atoms with Crippen LogP contribution in [-0.2, 0) is 4.79 Å². The van der Waals surface area contributed by atoms with Crippen molar-refractivity contribution >= 4 is 23.7 Å². The lowest BCUT2D eigenvalue weighted by Crippen LogP contribution is -2.34. The molecule has 0 atom stereocenters. The minimum atomic E-state index is -0.399. The Morgan fingerprint density at radius 3 is 2.29 bits per heavy atom. The topological polar surface area (TPSA) is 83.0 Å². The monoisotopic (exact) mass is 424 g/mol. The van der Waals surface area contributed by atoms with Crippen LogP contribution >= 0.6 is 0 Å². The van der Waals surface area contributed by atoms with Crippen LogP contribution in [0.1, 0.15) is 49.5 Å². The van der Waals surface area contributed by atoms with Gasteiger partial charge in [-0.15, -0.1) is 0 Å². The average molecular weight is 425 g/mol. The molecule has 7 heteroatoms. The fourth-order valence-electron chi connectivity index (χ4n) is 2.88. The van der Waals surface area contributed by atoms with Gasteiger partial charge in [0.25, 0.3) is 11.8 Å².